The van der Waals surface area contributed by atoms with Crippen LogP contribution >= 0.6 is 15.9 Å². The number of aryl methyl sites for hydroxylation is 1. The van der Waals surface area contributed by atoms with Crippen molar-refractivity contribution >= 4 is 15.9 Å². The van der Waals surface area contributed by atoms with Gasteiger partial charge in [-0.1, -0.05) is 22.9 Å². The van der Waals surface area contributed by atoms with E-state index < -0.39 is 0 Å². The summed E-state index contributed by atoms with van der Waals surface area (Å²) >= 11 is 3.49. The average Bonchev–Trinajstić information content (AvgIpc) is 2.81. The zero-order valence-electron chi connectivity index (χ0n) is 10.5. The molecule has 0 aliphatic heterocycles. The van der Waals surface area contributed by atoms with Crippen LogP contribution in [-0.2, 0) is 6.54 Å². The summed E-state index contributed by atoms with van der Waals surface area (Å²) in [5.41, 5.74) is 2.14. The number of nitrogens with one attached hydrogen (secondary N) is 1. The molecule has 18 heavy (non-hydrogen) atoms. The molecular weight excluding hydrogens is 294 g/mol. The Hall–Kier alpha value is -1.27. The summed E-state index contributed by atoms with van der Waals surface area (Å²) in [6.07, 6.45) is 1.10. The third kappa shape index (κ3) is 2.94. The van der Waals surface area contributed by atoms with Gasteiger partial charge in [0.1, 0.15) is 0 Å². The van der Waals surface area contributed by atoms with Gasteiger partial charge in [-0.2, -0.15) is 4.68 Å². The molecule has 0 saturated carbocycles. The van der Waals surface area contributed by atoms with Crippen molar-refractivity contribution in [3.63, 3.8) is 0 Å². The average molecular weight is 310 g/mol. The van der Waals surface area contributed by atoms with Crippen molar-refractivity contribution in [1.82, 2.24) is 25.5 Å². The molecule has 0 spiro atoms. The zero-order chi connectivity index (χ0) is 13.0. The summed E-state index contributed by atoms with van der Waals surface area (Å²) in [7, 11) is 0. The first-order valence-corrected chi connectivity index (χ1v) is 6.76. The summed E-state index contributed by atoms with van der Waals surface area (Å²) in [5.74, 6) is 0.824. The second kappa shape index (κ2) is 6.06. The molecule has 2 rings (SSSR count). The molecule has 0 unspecified atom stereocenters. The van der Waals surface area contributed by atoms with Gasteiger partial charge in [-0.15, -0.1) is 5.10 Å². The first-order chi connectivity index (χ1) is 8.72. The summed E-state index contributed by atoms with van der Waals surface area (Å²) < 4.78 is 2.85. The van der Waals surface area contributed by atoms with Crippen molar-refractivity contribution < 1.29 is 0 Å². The standard InChI is InChI=1S/C12H16BrN5/c1-3-6-14-8-12-15-16-17-18(12)10-4-5-11(13)9(2)7-10/h4-5,7,14H,3,6,8H2,1-2H3. The molecule has 1 aromatic heterocycles. The SMILES string of the molecule is CCCNCc1nnnn1-c1ccc(Br)c(C)c1. The maximum atomic E-state index is 4.04. The largest absolute Gasteiger partial charge is 0.310 e. The minimum absolute atomic E-state index is 0.677. The number of tetrazole rings is 1. The minimum atomic E-state index is 0.677. The van der Waals surface area contributed by atoms with Crippen molar-refractivity contribution in [1.29, 1.82) is 0 Å². The van der Waals surface area contributed by atoms with E-state index in [2.05, 4.69) is 49.8 Å². The zero-order valence-corrected chi connectivity index (χ0v) is 12.1. The number of nitrogens with zero attached hydrogens (tertiary/aromatic N) is 4. The van der Waals surface area contributed by atoms with E-state index in [0.29, 0.717) is 6.54 Å². The van der Waals surface area contributed by atoms with Gasteiger partial charge in [-0.05, 0) is 54.1 Å². The third-order valence-corrected chi connectivity index (χ3v) is 3.52. The normalized spacial score (nSPS) is 10.8. The molecule has 0 aliphatic rings. The van der Waals surface area contributed by atoms with Crippen LogP contribution in [0.15, 0.2) is 22.7 Å². The molecule has 0 aliphatic carbocycles. The number of hydrogen-bond acceptors (Lipinski definition) is 4. The van der Waals surface area contributed by atoms with Crippen molar-refractivity contribution in [3.8, 4) is 5.69 Å². The molecule has 0 amide bonds. The van der Waals surface area contributed by atoms with Crippen LogP contribution in [-0.4, -0.2) is 26.8 Å². The fourth-order valence-corrected chi connectivity index (χ4v) is 1.90. The number of aromatic nitrogens is 4. The van der Waals surface area contributed by atoms with E-state index in [-0.39, 0.29) is 0 Å². The van der Waals surface area contributed by atoms with E-state index in [4.69, 9.17) is 0 Å². The fraction of sp³-hybridized carbons (Fsp3) is 0.417. The van der Waals surface area contributed by atoms with E-state index in [1.165, 1.54) is 0 Å². The molecular formula is C12H16BrN5. The van der Waals surface area contributed by atoms with Gasteiger partial charge < -0.3 is 5.32 Å². The Morgan fingerprint density at radius 3 is 2.94 bits per heavy atom. The van der Waals surface area contributed by atoms with E-state index in [9.17, 15) is 0 Å². The quantitative estimate of drug-likeness (QED) is 0.861. The molecule has 0 bridgehead atoms. The lowest BCUT2D eigenvalue weighted by Crippen LogP contribution is -2.17. The van der Waals surface area contributed by atoms with Crippen molar-refractivity contribution in [2.75, 3.05) is 6.54 Å². The number of hydrogen-bond donors (Lipinski definition) is 1. The van der Waals surface area contributed by atoms with Crippen LogP contribution in [0.3, 0.4) is 0 Å². The van der Waals surface area contributed by atoms with Gasteiger partial charge in [-0.3, -0.25) is 0 Å². The van der Waals surface area contributed by atoms with Crippen LogP contribution in [0.5, 0.6) is 0 Å². The Bertz CT molecular complexity index is 523. The van der Waals surface area contributed by atoms with E-state index >= 15 is 0 Å². The highest BCUT2D eigenvalue weighted by Crippen LogP contribution is 2.19. The van der Waals surface area contributed by atoms with E-state index in [1.54, 1.807) is 4.68 Å². The van der Waals surface area contributed by atoms with Crippen molar-refractivity contribution in [2.24, 2.45) is 0 Å². The first-order valence-electron chi connectivity index (χ1n) is 5.97. The Labute approximate surface area is 115 Å². The summed E-state index contributed by atoms with van der Waals surface area (Å²) in [6.45, 7) is 5.82. The van der Waals surface area contributed by atoms with Gasteiger partial charge in [0.15, 0.2) is 5.82 Å². The highest BCUT2D eigenvalue weighted by Gasteiger charge is 2.08. The van der Waals surface area contributed by atoms with Crippen molar-refractivity contribution in [3.05, 3.63) is 34.1 Å². The lowest BCUT2D eigenvalue weighted by atomic mass is 10.2. The Morgan fingerprint density at radius 2 is 2.22 bits per heavy atom. The topological polar surface area (TPSA) is 55.6 Å². The predicted molar refractivity (Wildman–Crippen MR) is 73.6 cm³/mol. The molecule has 0 fully saturated rings. The van der Waals surface area contributed by atoms with Crippen LogP contribution in [0.4, 0.5) is 0 Å². The molecule has 2 aromatic rings. The Kier molecular flexibility index (Phi) is 4.43. The molecule has 6 heteroatoms. The molecule has 1 N–H and O–H groups in total. The first kappa shape index (κ1) is 13.2. The third-order valence-electron chi connectivity index (χ3n) is 2.63. The molecule has 0 saturated heterocycles. The summed E-state index contributed by atoms with van der Waals surface area (Å²) in [5, 5.41) is 15.1. The van der Waals surface area contributed by atoms with Gasteiger partial charge >= 0.3 is 0 Å². The smallest absolute Gasteiger partial charge is 0.170 e. The molecule has 5 nitrogen and oxygen atoms in total. The van der Waals surface area contributed by atoms with E-state index in [0.717, 1.165) is 34.5 Å². The second-order valence-corrected chi connectivity index (χ2v) is 4.97. The van der Waals surface area contributed by atoms with Crippen LogP contribution in [0.2, 0.25) is 0 Å². The second-order valence-electron chi connectivity index (χ2n) is 4.12. The molecule has 1 heterocycles. The summed E-state index contributed by atoms with van der Waals surface area (Å²) in [6, 6.07) is 6.07. The maximum Gasteiger partial charge on any atom is 0.170 e. The predicted octanol–water partition coefficient (Wildman–Crippen LogP) is 2.23. The van der Waals surface area contributed by atoms with Gasteiger partial charge in [0, 0.05) is 4.47 Å². The molecule has 0 radical (unpaired) electrons. The lowest BCUT2D eigenvalue weighted by Gasteiger charge is -2.07. The Morgan fingerprint density at radius 1 is 1.39 bits per heavy atom. The highest BCUT2D eigenvalue weighted by atomic mass is 79.9. The monoisotopic (exact) mass is 309 g/mol. The maximum absolute atomic E-state index is 4.04. The van der Waals surface area contributed by atoms with Gasteiger partial charge in [0.2, 0.25) is 0 Å². The van der Waals surface area contributed by atoms with E-state index in [1.807, 2.05) is 19.1 Å². The van der Waals surface area contributed by atoms with Gasteiger partial charge in [0.05, 0.1) is 12.2 Å². The van der Waals surface area contributed by atoms with Crippen LogP contribution < -0.4 is 5.32 Å². The number of halogens is 1. The van der Waals surface area contributed by atoms with Crippen LogP contribution in [0, 0.1) is 6.92 Å². The fourth-order valence-electron chi connectivity index (χ4n) is 1.65. The van der Waals surface area contributed by atoms with Crippen LogP contribution in [0.1, 0.15) is 24.7 Å². The minimum Gasteiger partial charge on any atom is -0.310 e. The van der Waals surface area contributed by atoms with Gasteiger partial charge in [-0.25, -0.2) is 0 Å². The molecule has 96 valence electrons. The highest BCUT2D eigenvalue weighted by molar-refractivity contribution is 9.10. The number of benzene rings is 1. The van der Waals surface area contributed by atoms with Crippen molar-refractivity contribution in [2.45, 2.75) is 26.8 Å². The lowest BCUT2D eigenvalue weighted by molar-refractivity contribution is 0.632. The molecule has 0 atom stereocenters. The molecule has 1 aromatic carbocycles. The van der Waals surface area contributed by atoms with Gasteiger partial charge in [0.25, 0.3) is 0 Å². The Balaban J connectivity index is 2.22. The van der Waals surface area contributed by atoms with Crippen LogP contribution in [0.25, 0.3) is 5.69 Å². The summed E-state index contributed by atoms with van der Waals surface area (Å²) in [4.78, 5) is 0. The number of rotatable bonds is 5.